The van der Waals surface area contributed by atoms with E-state index in [1.54, 1.807) is 16.7 Å². The highest BCUT2D eigenvalue weighted by molar-refractivity contribution is 5.95. The minimum absolute atomic E-state index is 0.0301. The number of nitrogens with zero attached hydrogens (tertiary/aromatic N) is 4. The van der Waals surface area contributed by atoms with Gasteiger partial charge in [0.1, 0.15) is 11.4 Å². The molecule has 1 saturated heterocycles. The number of pyridine rings is 1. The number of carbonyl (C=O) groups excluding carboxylic acids is 2. The van der Waals surface area contributed by atoms with Crippen molar-refractivity contribution in [3.05, 3.63) is 74.3 Å². The van der Waals surface area contributed by atoms with Gasteiger partial charge in [-0.1, -0.05) is 0 Å². The molecule has 10 nitrogen and oxygen atoms in total. The number of hydrogen-bond donors (Lipinski definition) is 0. The summed E-state index contributed by atoms with van der Waals surface area (Å²) >= 11 is 0. The molecule has 2 aromatic carbocycles. The zero-order valence-electron chi connectivity index (χ0n) is 19.2. The number of anilines is 1. The number of non-ortho nitro benzene ring substituents is 1. The third-order valence-corrected chi connectivity index (χ3v) is 5.97. The Morgan fingerprint density at radius 3 is 2.34 bits per heavy atom. The summed E-state index contributed by atoms with van der Waals surface area (Å²) < 4.78 is 21.8. The van der Waals surface area contributed by atoms with Gasteiger partial charge in [0.05, 0.1) is 22.7 Å². The summed E-state index contributed by atoms with van der Waals surface area (Å²) in [5, 5.41) is 11.0. The maximum absolute atomic E-state index is 15.2. The van der Waals surface area contributed by atoms with E-state index in [2.05, 4.69) is 0 Å². The first-order valence-corrected chi connectivity index (χ1v) is 11.0. The molecule has 0 unspecified atom stereocenters. The second kappa shape index (κ2) is 9.53. The Bertz CT molecular complexity index is 1380. The van der Waals surface area contributed by atoms with Crippen molar-refractivity contribution in [3.8, 4) is 5.69 Å². The molecule has 2 heterocycles. The fourth-order valence-electron chi connectivity index (χ4n) is 4.14. The van der Waals surface area contributed by atoms with Crippen molar-refractivity contribution in [2.45, 2.75) is 13.8 Å². The number of rotatable bonds is 5. The molecule has 0 saturated carbocycles. The van der Waals surface area contributed by atoms with Gasteiger partial charge in [-0.15, -0.1) is 0 Å². The highest BCUT2D eigenvalue weighted by atomic mass is 19.1. The molecular formula is C24H23FN4O6. The van der Waals surface area contributed by atoms with Gasteiger partial charge in [-0.3, -0.25) is 19.7 Å². The van der Waals surface area contributed by atoms with Crippen LogP contribution in [0.25, 0.3) is 16.6 Å². The second-order valence-corrected chi connectivity index (χ2v) is 8.05. The largest absolute Gasteiger partial charge is 0.462 e. The van der Waals surface area contributed by atoms with E-state index >= 15 is 4.39 Å². The highest BCUT2D eigenvalue weighted by Crippen LogP contribution is 2.28. The molecule has 1 aliphatic rings. The van der Waals surface area contributed by atoms with Crippen LogP contribution >= 0.6 is 0 Å². The Labute approximate surface area is 199 Å². The van der Waals surface area contributed by atoms with Crippen molar-refractivity contribution in [1.29, 1.82) is 0 Å². The molecule has 0 bridgehead atoms. The van der Waals surface area contributed by atoms with E-state index < -0.39 is 22.1 Å². The molecule has 1 aliphatic heterocycles. The number of esters is 1. The van der Waals surface area contributed by atoms with Crippen LogP contribution in [0.1, 0.15) is 24.2 Å². The summed E-state index contributed by atoms with van der Waals surface area (Å²) in [6.07, 6.45) is 1.30. The average molecular weight is 482 g/mol. The van der Waals surface area contributed by atoms with Gasteiger partial charge in [-0.2, -0.15) is 0 Å². The smallest absolute Gasteiger partial charge is 0.343 e. The summed E-state index contributed by atoms with van der Waals surface area (Å²) in [5.41, 5.74) is -0.0739. The molecule has 0 atom stereocenters. The number of carbonyl (C=O) groups is 2. The van der Waals surface area contributed by atoms with Crippen LogP contribution in [0.2, 0.25) is 0 Å². The van der Waals surface area contributed by atoms with Gasteiger partial charge in [0.2, 0.25) is 11.3 Å². The molecule has 1 amide bonds. The van der Waals surface area contributed by atoms with E-state index in [1.165, 1.54) is 48.0 Å². The van der Waals surface area contributed by atoms with E-state index in [0.717, 1.165) is 6.07 Å². The van der Waals surface area contributed by atoms with E-state index in [0.29, 0.717) is 37.4 Å². The molecule has 4 rings (SSSR count). The Morgan fingerprint density at radius 2 is 1.77 bits per heavy atom. The summed E-state index contributed by atoms with van der Waals surface area (Å²) in [6, 6.07) is 8.17. The molecule has 35 heavy (non-hydrogen) atoms. The van der Waals surface area contributed by atoms with Gasteiger partial charge in [0.15, 0.2) is 0 Å². The molecular weight excluding hydrogens is 459 g/mol. The molecule has 1 fully saturated rings. The number of piperazine rings is 1. The summed E-state index contributed by atoms with van der Waals surface area (Å²) in [7, 11) is 0. The van der Waals surface area contributed by atoms with Crippen LogP contribution in [0.15, 0.2) is 47.4 Å². The van der Waals surface area contributed by atoms with Crippen LogP contribution < -0.4 is 10.3 Å². The lowest BCUT2D eigenvalue weighted by Crippen LogP contribution is -2.48. The maximum atomic E-state index is 15.2. The van der Waals surface area contributed by atoms with Gasteiger partial charge in [-0.05, 0) is 31.2 Å². The lowest BCUT2D eigenvalue weighted by Gasteiger charge is -2.36. The highest BCUT2D eigenvalue weighted by Gasteiger charge is 2.24. The van der Waals surface area contributed by atoms with Crippen molar-refractivity contribution >= 4 is 34.2 Å². The van der Waals surface area contributed by atoms with E-state index in [1.807, 2.05) is 0 Å². The monoisotopic (exact) mass is 482 g/mol. The van der Waals surface area contributed by atoms with Gasteiger partial charge < -0.3 is 19.1 Å². The summed E-state index contributed by atoms with van der Waals surface area (Å²) in [5.74, 6) is -1.54. The van der Waals surface area contributed by atoms with Gasteiger partial charge >= 0.3 is 5.97 Å². The lowest BCUT2D eigenvalue weighted by atomic mass is 10.1. The van der Waals surface area contributed by atoms with E-state index in [4.69, 9.17) is 4.74 Å². The Morgan fingerprint density at radius 1 is 1.11 bits per heavy atom. The number of fused-ring (bicyclic) bond motifs is 1. The number of nitro benzene ring substituents is 1. The van der Waals surface area contributed by atoms with E-state index in [9.17, 15) is 24.5 Å². The molecule has 1 aromatic heterocycles. The Kier molecular flexibility index (Phi) is 6.50. The quantitative estimate of drug-likeness (QED) is 0.312. The fourth-order valence-corrected chi connectivity index (χ4v) is 4.14. The molecule has 3 aromatic rings. The van der Waals surface area contributed by atoms with Crippen molar-refractivity contribution in [1.82, 2.24) is 9.47 Å². The fraction of sp³-hybridized carbons (Fsp3) is 0.292. The number of benzene rings is 2. The molecule has 0 aliphatic carbocycles. The SMILES string of the molecule is CCOC(=O)c1cn(-c2ccc([N+](=O)[O-])cc2)c2cc(N3CCN(C(C)=O)CC3)c(F)cc2c1=O. The standard InChI is InChI=1S/C24H23FN4O6/c1-3-35-24(32)19-14-28(16-4-6-17(7-5-16)29(33)34)21-13-22(20(25)12-18(21)23(19)31)27-10-8-26(9-11-27)15(2)30/h4-7,12-14H,3,8-11H2,1-2H3. The predicted octanol–water partition coefficient (Wildman–Crippen LogP) is 2.88. The summed E-state index contributed by atoms with van der Waals surface area (Å²) in [6.45, 7) is 4.82. The molecule has 11 heteroatoms. The molecule has 0 N–H and O–H groups in total. The van der Waals surface area contributed by atoms with Crippen molar-refractivity contribution in [3.63, 3.8) is 0 Å². The minimum atomic E-state index is -0.847. The topological polar surface area (TPSA) is 115 Å². The number of amides is 1. The van der Waals surface area contributed by atoms with Crippen molar-refractivity contribution < 1.29 is 23.6 Å². The average Bonchev–Trinajstić information content (AvgIpc) is 2.84. The third-order valence-electron chi connectivity index (χ3n) is 5.97. The van der Waals surface area contributed by atoms with Crippen LogP contribution in [-0.2, 0) is 9.53 Å². The van der Waals surface area contributed by atoms with Gasteiger partial charge in [0.25, 0.3) is 5.69 Å². The van der Waals surface area contributed by atoms with Crippen LogP contribution in [0.5, 0.6) is 0 Å². The number of ether oxygens (including phenoxy) is 1. The molecule has 0 radical (unpaired) electrons. The molecule has 182 valence electrons. The van der Waals surface area contributed by atoms with Crippen molar-refractivity contribution in [2.24, 2.45) is 0 Å². The number of aromatic nitrogens is 1. The van der Waals surface area contributed by atoms with Gasteiger partial charge in [-0.25, -0.2) is 9.18 Å². The summed E-state index contributed by atoms with van der Waals surface area (Å²) in [4.78, 5) is 51.2. The lowest BCUT2D eigenvalue weighted by molar-refractivity contribution is -0.384. The number of halogens is 1. The van der Waals surface area contributed by atoms with Gasteiger partial charge in [0, 0.05) is 62.5 Å². The first-order chi connectivity index (χ1) is 16.7. The van der Waals surface area contributed by atoms with Crippen LogP contribution in [0.4, 0.5) is 15.8 Å². The molecule has 0 spiro atoms. The normalized spacial score (nSPS) is 13.7. The predicted molar refractivity (Wildman–Crippen MR) is 127 cm³/mol. The number of nitro groups is 1. The Hall–Kier alpha value is -4.28. The minimum Gasteiger partial charge on any atom is -0.462 e. The van der Waals surface area contributed by atoms with E-state index in [-0.39, 0.29) is 34.8 Å². The Balaban J connectivity index is 1.89. The third kappa shape index (κ3) is 4.57. The van der Waals surface area contributed by atoms with Crippen molar-refractivity contribution in [2.75, 3.05) is 37.7 Å². The zero-order valence-corrected chi connectivity index (χ0v) is 19.2. The first kappa shape index (κ1) is 23.9. The zero-order chi connectivity index (χ0) is 25.3. The van der Waals surface area contributed by atoms with Crippen LogP contribution in [0.3, 0.4) is 0 Å². The maximum Gasteiger partial charge on any atom is 0.343 e. The van der Waals surface area contributed by atoms with Crippen LogP contribution in [0, 0.1) is 15.9 Å². The second-order valence-electron chi connectivity index (χ2n) is 8.05. The van der Waals surface area contributed by atoms with Crippen LogP contribution in [-0.4, -0.2) is 59.1 Å². The first-order valence-electron chi connectivity index (χ1n) is 11.0. The number of hydrogen-bond acceptors (Lipinski definition) is 7.